The van der Waals surface area contributed by atoms with Gasteiger partial charge in [0.1, 0.15) is 12.1 Å². The maximum atomic E-state index is 12.0. The summed E-state index contributed by atoms with van der Waals surface area (Å²) in [5, 5.41) is 0. The maximum absolute atomic E-state index is 12.0. The van der Waals surface area contributed by atoms with Gasteiger partial charge in [-0.05, 0) is 12.8 Å². The van der Waals surface area contributed by atoms with Crippen LogP contribution in [0.25, 0.3) is 0 Å². The molecule has 0 aliphatic heterocycles. The van der Waals surface area contributed by atoms with E-state index in [2.05, 4.69) is 29.8 Å². The summed E-state index contributed by atoms with van der Waals surface area (Å²) >= 11 is 3.61. The minimum Gasteiger partial charge on any atom is -0.303 e. The Kier molecular flexibility index (Phi) is 7.34. The van der Waals surface area contributed by atoms with Crippen molar-refractivity contribution in [1.82, 2.24) is 0 Å². The fraction of sp³-hybridized carbons (Fsp3) is 0.867. The average molecular weight is 319 g/mol. The van der Waals surface area contributed by atoms with Crippen LogP contribution in [0.15, 0.2) is 0 Å². The van der Waals surface area contributed by atoms with Gasteiger partial charge in [-0.1, -0.05) is 69.8 Å². The zero-order valence-electron chi connectivity index (χ0n) is 12.4. The summed E-state index contributed by atoms with van der Waals surface area (Å²) in [5.41, 5.74) is -0.413. The summed E-state index contributed by atoms with van der Waals surface area (Å²) < 4.78 is 0.193. The van der Waals surface area contributed by atoms with Gasteiger partial charge in [-0.3, -0.25) is 4.79 Å². The molecule has 1 unspecified atom stereocenters. The van der Waals surface area contributed by atoms with E-state index in [1.54, 1.807) is 0 Å². The molecule has 18 heavy (non-hydrogen) atoms. The Balaban J connectivity index is 3.97. The van der Waals surface area contributed by atoms with E-state index in [0.717, 1.165) is 32.0 Å². The Labute approximate surface area is 120 Å². The van der Waals surface area contributed by atoms with E-state index < -0.39 is 11.3 Å². The highest BCUT2D eigenvalue weighted by molar-refractivity contribution is 9.10. The molecule has 0 N–H and O–H groups in total. The number of hydrogen-bond acceptors (Lipinski definition) is 2. The van der Waals surface area contributed by atoms with E-state index in [1.807, 2.05) is 20.8 Å². The van der Waals surface area contributed by atoms with Gasteiger partial charge in [0, 0.05) is 9.74 Å². The third-order valence-electron chi connectivity index (χ3n) is 3.03. The van der Waals surface area contributed by atoms with Crippen molar-refractivity contribution in [1.29, 1.82) is 0 Å². The first kappa shape index (κ1) is 17.8. The molecule has 0 aromatic carbocycles. The molecule has 0 amide bonds. The van der Waals surface area contributed by atoms with E-state index in [0.29, 0.717) is 6.42 Å². The van der Waals surface area contributed by atoms with Crippen molar-refractivity contribution in [3.8, 4) is 0 Å². The molecule has 2 nitrogen and oxygen atoms in total. The second-order valence-corrected chi connectivity index (χ2v) is 8.82. The topological polar surface area (TPSA) is 34.1 Å². The van der Waals surface area contributed by atoms with Crippen LogP contribution < -0.4 is 0 Å². The minimum absolute atomic E-state index is 0.0679. The summed E-state index contributed by atoms with van der Waals surface area (Å²) in [6, 6.07) is 0. The van der Waals surface area contributed by atoms with Crippen molar-refractivity contribution < 1.29 is 9.59 Å². The zero-order valence-corrected chi connectivity index (χ0v) is 14.0. The zero-order chi connectivity index (χ0) is 14.4. The van der Waals surface area contributed by atoms with E-state index in [-0.39, 0.29) is 10.1 Å². The summed E-state index contributed by atoms with van der Waals surface area (Å²) in [4.78, 5) is 23.0. The molecule has 0 heterocycles. The van der Waals surface area contributed by atoms with E-state index >= 15 is 0 Å². The molecule has 0 saturated carbocycles. The lowest BCUT2D eigenvalue weighted by Crippen LogP contribution is -2.29. The number of carbonyl (C=O) groups excluding carboxylic acids is 2. The number of halogens is 1. The largest absolute Gasteiger partial charge is 0.303 e. The number of rotatable bonds is 8. The standard InChI is InChI=1S/C15H27BrO2/c1-14(2,3)13(18)12(11-17)9-7-6-8-10-15(4,5)16/h11-12H,6-10H2,1-5H3. The number of unbranched alkanes of at least 4 members (excludes halogenated alkanes) is 2. The molecule has 0 radical (unpaired) electrons. The third kappa shape index (κ3) is 8.02. The molecule has 0 rings (SSSR count). The molecule has 3 heteroatoms. The Bertz CT molecular complexity index is 271. The number of carbonyl (C=O) groups is 2. The lowest BCUT2D eigenvalue weighted by atomic mass is 9.81. The normalized spacial score (nSPS) is 14.3. The van der Waals surface area contributed by atoms with Crippen LogP contribution in [-0.4, -0.2) is 16.4 Å². The molecule has 0 aromatic rings. The first-order valence-electron chi connectivity index (χ1n) is 6.76. The van der Waals surface area contributed by atoms with E-state index in [4.69, 9.17) is 0 Å². The van der Waals surface area contributed by atoms with Crippen molar-refractivity contribution in [3.05, 3.63) is 0 Å². The van der Waals surface area contributed by atoms with Gasteiger partial charge in [-0.2, -0.15) is 0 Å². The molecule has 0 aliphatic carbocycles. The van der Waals surface area contributed by atoms with Gasteiger partial charge in [-0.25, -0.2) is 0 Å². The molecular formula is C15H27BrO2. The lowest BCUT2D eigenvalue weighted by molar-refractivity contribution is -0.133. The van der Waals surface area contributed by atoms with Crippen molar-refractivity contribution in [2.75, 3.05) is 0 Å². The second-order valence-electron chi connectivity index (χ2n) is 6.67. The molecule has 0 fully saturated rings. The molecular weight excluding hydrogens is 292 g/mol. The molecule has 0 saturated heterocycles. The highest BCUT2D eigenvalue weighted by atomic mass is 79.9. The van der Waals surface area contributed by atoms with Gasteiger partial charge in [-0.15, -0.1) is 0 Å². The predicted molar refractivity (Wildman–Crippen MR) is 80.1 cm³/mol. The van der Waals surface area contributed by atoms with E-state index in [1.165, 1.54) is 0 Å². The third-order valence-corrected chi connectivity index (χ3v) is 3.42. The van der Waals surface area contributed by atoms with Crippen LogP contribution in [0.4, 0.5) is 0 Å². The van der Waals surface area contributed by atoms with Crippen LogP contribution >= 0.6 is 15.9 Å². The Morgan fingerprint density at radius 3 is 2.06 bits per heavy atom. The van der Waals surface area contributed by atoms with Crippen LogP contribution in [0.1, 0.15) is 66.7 Å². The quantitative estimate of drug-likeness (QED) is 0.285. The number of alkyl halides is 1. The Morgan fingerprint density at radius 2 is 1.67 bits per heavy atom. The summed E-state index contributed by atoms with van der Waals surface area (Å²) in [5.74, 6) is -0.347. The minimum atomic E-state index is -0.415. The SMILES string of the molecule is CC(C)(Br)CCCCCC(C=O)C(=O)C(C)(C)C. The maximum Gasteiger partial charge on any atom is 0.148 e. The van der Waals surface area contributed by atoms with Crippen molar-refractivity contribution in [2.45, 2.75) is 71.0 Å². The number of ketones is 1. The van der Waals surface area contributed by atoms with Crippen LogP contribution in [0.5, 0.6) is 0 Å². The molecule has 0 aliphatic rings. The summed E-state index contributed by atoms with van der Waals surface area (Å²) in [6.07, 6.45) is 5.80. The summed E-state index contributed by atoms with van der Waals surface area (Å²) in [7, 11) is 0. The highest BCUT2D eigenvalue weighted by Gasteiger charge is 2.28. The summed E-state index contributed by atoms with van der Waals surface area (Å²) in [6.45, 7) is 9.94. The number of Topliss-reactive ketones (excluding diaryl/α,β-unsaturated/α-hetero) is 1. The Morgan fingerprint density at radius 1 is 1.11 bits per heavy atom. The molecule has 1 atom stereocenters. The second kappa shape index (κ2) is 7.42. The van der Waals surface area contributed by atoms with Gasteiger partial charge in [0.05, 0.1) is 5.92 Å². The first-order valence-corrected chi connectivity index (χ1v) is 7.56. The fourth-order valence-electron chi connectivity index (χ4n) is 1.90. The van der Waals surface area contributed by atoms with Crippen LogP contribution in [-0.2, 0) is 9.59 Å². The monoisotopic (exact) mass is 318 g/mol. The number of aldehydes is 1. The van der Waals surface area contributed by atoms with E-state index in [9.17, 15) is 9.59 Å². The van der Waals surface area contributed by atoms with Crippen LogP contribution in [0.3, 0.4) is 0 Å². The molecule has 106 valence electrons. The highest BCUT2D eigenvalue weighted by Crippen LogP contribution is 2.25. The fourth-order valence-corrected chi connectivity index (χ4v) is 2.18. The first-order chi connectivity index (χ1) is 8.08. The van der Waals surface area contributed by atoms with Gasteiger partial charge in [0.2, 0.25) is 0 Å². The van der Waals surface area contributed by atoms with Gasteiger partial charge >= 0.3 is 0 Å². The van der Waals surface area contributed by atoms with Crippen LogP contribution in [0.2, 0.25) is 0 Å². The van der Waals surface area contributed by atoms with Gasteiger partial charge < -0.3 is 4.79 Å². The van der Waals surface area contributed by atoms with Gasteiger partial charge in [0.25, 0.3) is 0 Å². The van der Waals surface area contributed by atoms with Crippen molar-refractivity contribution in [3.63, 3.8) is 0 Å². The molecule has 0 bridgehead atoms. The van der Waals surface area contributed by atoms with Crippen LogP contribution in [0, 0.1) is 11.3 Å². The number of hydrogen-bond donors (Lipinski definition) is 0. The van der Waals surface area contributed by atoms with Crippen molar-refractivity contribution in [2.24, 2.45) is 11.3 Å². The van der Waals surface area contributed by atoms with Crippen molar-refractivity contribution >= 4 is 28.0 Å². The van der Waals surface area contributed by atoms with Gasteiger partial charge in [0.15, 0.2) is 0 Å². The predicted octanol–water partition coefficient (Wildman–Crippen LogP) is 4.54. The Hall–Kier alpha value is -0.180. The average Bonchev–Trinajstić information content (AvgIpc) is 2.19. The lowest BCUT2D eigenvalue weighted by Gasteiger charge is -2.21. The molecule has 0 spiro atoms. The molecule has 0 aromatic heterocycles. The smallest absolute Gasteiger partial charge is 0.148 e.